The Kier molecular flexibility index (Phi) is 3.35. The molecule has 0 amide bonds. The highest BCUT2D eigenvalue weighted by molar-refractivity contribution is 7.99. The number of benzene rings is 2. The second kappa shape index (κ2) is 5.30. The number of nitro groups is 1. The van der Waals surface area contributed by atoms with Gasteiger partial charge in [-0.2, -0.15) is 0 Å². The molecule has 0 aliphatic carbocycles. The van der Waals surface area contributed by atoms with Crippen LogP contribution in [0.3, 0.4) is 0 Å². The summed E-state index contributed by atoms with van der Waals surface area (Å²) in [5.74, 6) is 0. The van der Waals surface area contributed by atoms with Gasteiger partial charge in [-0.25, -0.2) is 0 Å². The Morgan fingerprint density at radius 1 is 1.00 bits per heavy atom. The zero-order valence-corrected chi connectivity index (χ0v) is 11.2. The van der Waals surface area contributed by atoms with Crippen molar-refractivity contribution in [3.8, 4) is 0 Å². The largest absolute Gasteiger partial charge is 0.269 e. The monoisotopic (exact) mass is 282 g/mol. The van der Waals surface area contributed by atoms with E-state index in [1.807, 2.05) is 30.3 Å². The van der Waals surface area contributed by atoms with E-state index in [0.29, 0.717) is 0 Å². The highest BCUT2D eigenvalue weighted by Crippen LogP contribution is 2.33. The van der Waals surface area contributed by atoms with Crippen molar-refractivity contribution in [2.24, 2.45) is 0 Å². The van der Waals surface area contributed by atoms with Crippen LogP contribution in [0.4, 0.5) is 5.69 Å². The lowest BCUT2D eigenvalue weighted by molar-refractivity contribution is -0.384. The SMILES string of the molecule is O=[N+]([O-])c1ccc(Sc2ccnc3ccccc23)cc1. The minimum Gasteiger partial charge on any atom is -0.258 e. The molecule has 0 saturated carbocycles. The van der Waals surface area contributed by atoms with Gasteiger partial charge in [0.15, 0.2) is 0 Å². The average Bonchev–Trinajstić information content (AvgIpc) is 2.48. The van der Waals surface area contributed by atoms with Crippen molar-refractivity contribution in [3.05, 3.63) is 70.9 Å². The Labute approximate surface area is 119 Å². The summed E-state index contributed by atoms with van der Waals surface area (Å²) in [6.07, 6.45) is 1.77. The fraction of sp³-hybridized carbons (Fsp3) is 0. The maximum absolute atomic E-state index is 10.6. The van der Waals surface area contributed by atoms with E-state index in [9.17, 15) is 10.1 Å². The van der Waals surface area contributed by atoms with Gasteiger partial charge in [0.2, 0.25) is 0 Å². The van der Waals surface area contributed by atoms with Gasteiger partial charge in [-0.15, -0.1) is 0 Å². The smallest absolute Gasteiger partial charge is 0.258 e. The summed E-state index contributed by atoms with van der Waals surface area (Å²) in [5, 5.41) is 11.7. The number of pyridine rings is 1. The van der Waals surface area contributed by atoms with E-state index in [2.05, 4.69) is 4.98 Å². The Morgan fingerprint density at radius 2 is 1.75 bits per heavy atom. The van der Waals surface area contributed by atoms with Gasteiger partial charge < -0.3 is 0 Å². The van der Waals surface area contributed by atoms with Crippen LogP contribution in [0.1, 0.15) is 0 Å². The first-order valence-corrected chi connectivity index (χ1v) is 6.82. The van der Waals surface area contributed by atoms with Gasteiger partial charge >= 0.3 is 0 Å². The van der Waals surface area contributed by atoms with Crippen LogP contribution in [0.15, 0.2) is 70.6 Å². The summed E-state index contributed by atoms with van der Waals surface area (Å²) in [6, 6.07) is 16.4. The van der Waals surface area contributed by atoms with Crippen LogP contribution in [0.25, 0.3) is 10.9 Å². The highest BCUT2D eigenvalue weighted by Gasteiger charge is 2.06. The van der Waals surface area contributed by atoms with Gasteiger partial charge in [-0.3, -0.25) is 15.1 Å². The molecule has 1 aromatic heterocycles. The van der Waals surface area contributed by atoms with Crippen molar-refractivity contribution in [3.63, 3.8) is 0 Å². The predicted octanol–water partition coefficient (Wildman–Crippen LogP) is 4.29. The van der Waals surface area contributed by atoms with E-state index in [-0.39, 0.29) is 5.69 Å². The molecule has 5 heteroatoms. The Morgan fingerprint density at radius 3 is 2.50 bits per heavy atom. The molecule has 3 aromatic rings. The predicted molar refractivity (Wildman–Crippen MR) is 79.0 cm³/mol. The van der Waals surface area contributed by atoms with Crippen LogP contribution in [-0.4, -0.2) is 9.91 Å². The van der Waals surface area contributed by atoms with E-state index in [1.54, 1.807) is 30.1 Å². The molecule has 0 atom stereocenters. The third-order valence-corrected chi connectivity index (χ3v) is 3.97. The number of hydrogen-bond donors (Lipinski definition) is 0. The summed E-state index contributed by atoms with van der Waals surface area (Å²) in [7, 11) is 0. The fourth-order valence-corrected chi connectivity index (χ4v) is 2.86. The summed E-state index contributed by atoms with van der Waals surface area (Å²) >= 11 is 1.57. The molecule has 0 radical (unpaired) electrons. The lowest BCUT2D eigenvalue weighted by Crippen LogP contribution is -1.86. The zero-order valence-electron chi connectivity index (χ0n) is 10.4. The lowest BCUT2D eigenvalue weighted by atomic mass is 10.2. The molecule has 0 aliphatic heterocycles. The van der Waals surface area contributed by atoms with Crippen LogP contribution in [0.2, 0.25) is 0 Å². The van der Waals surface area contributed by atoms with E-state index in [0.717, 1.165) is 20.7 Å². The van der Waals surface area contributed by atoms with Gasteiger partial charge in [0.25, 0.3) is 5.69 Å². The molecular formula is C15H10N2O2S. The molecule has 4 nitrogen and oxygen atoms in total. The Hall–Kier alpha value is -2.40. The molecule has 0 saturated heterocycles. The third kappa shape index (κ3) is 2.48. The molecule has 98 valence electrons. The number of nitro benzene ring substituents is 1. The van der Waals surface area contributed by atoms with E-state index >= 15 is 0 Å². The maximum atomic E-state index is 10.6. The molecule has 0 spiro atoms. The number of non-ortho nitro benzene ring substituents is 1. The first-order chi connectivity index (χ1) is 9.74. The van der Waals surface area contributed by atoms with Crippen molar-refractivity contribution in [2.45, 2.75) is 9.79 Å². The second-order valence-corrected chi connectivity index (χ2v) is 5.29. The third-order valence-electron chi connectivity index (χ3n) is 2.88. The van der Waals surface area contributed by atoms with Crippen molar-refractivity contribution in [2.75, 3.05) is 0 Å². The van der Waals surface area contributed by atoms with Crippen LogP contribution >= 0.6 is 11.8 Å². The van der Waals surface area contributed by atoms with Crippen LogP contribution in [-0.2, 0) is 0 Å². The number of rotatable bonds is 3. The molecule has 0 N–H and O–H groups in total. The summed E-state index contributed by atoms with van der Waals surface area (Å²) in [6.45, 7) is 0. The quantitative estimate of drug-likeness (QED) is 0.531. The Balaban J connectivity index is 1.95. The average molecular weight is 282 g/mol. The lowest BCUT2D eigenvalue weighted by Gasteiger charge is -2.05. The molecule has 2 aromatic carbocycles. The Bertz CT molecular complexity index is 767. The van der Waals surface area contributed by atoms with Gasteiger partial charge in [0, 0.05) is 33.5 Å². The van der Waals surface area contributed by atoms with E-state index in [4.69, 9.17) is 0 Å². The highest BCUT2D eigenvalue weighted by atomic mass is 32.2. The van der Waals surface area contributed by atoms with Gasteiger partial charge in [-0.1, -0.05) is 30.0 Å². The second-order valence-electron chi connectivity index (χ2n) is 4.18. The van der Waals surface area contributed by atoms with E-state index in [1.165, 1.54) is 12.1 Å². The summed E-state index contributed by atoms with van der Waals surface area (Å²) in [5.41, 5.74) is 1.05. The summed E-state index contributed by atoms with van der Waals surface area (Å²) in [4.78, 5) is 16.6. The van der Waals surface area contributed by atoms with Crippen molar-refractivity contribution < 1.29 is 4.92 Å². The molecule has 3 rings (SSSR count). The summed E-state index contributed by atoms with van der Waals surface area (Å²) < 4.78 is 0. The standard InChI is InChI=1S/C15H10N2O2S/c18-17(19)11-5-7-12(8-6-11)20-15-9-10-16-14-4-2-1-3-13(14)15/h1-10H. The molecule has 0 bridgehead atoms. The van der Waals surface area contributed by atoms with Gasteiger partial charge in [0.05, 0.1) is 10.4 Å². The molecular weight excluding hydrogens is 272 g/mol. The van der Waals surface area contributed by atoms with Crippen molar-refractivity contribution in [1.29, 1.82) is 0 Å². The van der Waals surface area contributed by atoms with Gasteiger partial charge in [-0.05, 0) is 24.3 Å². The minimum atomic E-state index is -0.393. The molecule has 0 fully saturated rings. The van der Waals surface area contributed by atoms with Crippen LogP contribution in [0, 0.1) is 10.1 Å². The number of aromatic nitrogens is 1. The zero-order chi connectivity index (χ0) is 13.9. The number of fused-ring (bicyclic) bond motifs is 1. The van der Waals surface area contributed by atoms with Gasteiger partial charge in [0.1, 0.15) is 0 Å². The first kappa shape index (κ1) is 12.6. The molecule has 1 heterocycles. The van der Waals surface area contributed by atoms with Crippen LogP contribution < -0.4 is 0 Å². The number of para-hydroxylation sites is 1. The minimum absolute atomic E-state index is 0.105. The van der Waals surface area contributed by atoms with Crippen LogP contribution in [0.5, 0.6) is 0 Å². The maximum Gasteiger partial charge on any atom is 0.269 e. The molecule has 20 heavy (non-hydrogen) atoms. The molecule has 0 aliphatic rings. The normalized spacial score (nSPS) is 10.6. The number of nitrogens with zero attached hydrogens (tertiary/aromatic N) is 2. The topological polar surface area (TPSA) is 56.0 Å². The van der Waals surface area contributed by atoms with E-state index < -0.39 is 4.92 Å². The number of hydrogen-bond acceptors (Lipinski definition) is 4. The first-order valence-electron chi connectivity index (χ1n) is 6.00. The fourth-order valence-electron chi connectivity index (χ4n) is 1.92. The van der Waals surface area contributed by atoms with Crippen molar-refractivity contribution in [1.82, 2.24) is 4.98 Å². The molecule has 0 unspecified atom stereocenters. The van der Waals surface area contributed by atoms with Crippen molar-refractivity contribution >= 4 is 28.4 Å².